The van der Waals surface area contributed by atoms with Gasteiger partial charge in [-0.2, -0.15) is 0 Å². The largest absolute Gasteiger partial charge is 0.478 e. The van der Waals surface area contributed by atoms with E-state index in [9.17, 15) is 24.3 Å². The second-order valence-electron chi connectivity index (χ2n) is 9.07. The number of rotatable bonds is 9. The molecule has 0 aliphatic heterocycles. The molecule has 40 heavy (non-hydrogen) atoms. The summed E-state index contributed by atoms with van der Waals surface area (Å²) in [4.78, 5) is 49.8. The lowest BCUT2D eigenvalue weighted by Gasteiger charge is -2.18. The second kappa shape index (κ2) is 12.3. The van der Waals surface area contributed by atoms with Crippen LogP contribution in [0.1, 0.15) is 53.0 Å². The van der Waals surface area contributed by atoms with Crippen molar-refractivity contribution in [3.8, 4) is 0 Å². The first-order chi connectivity index (χ1) is 19.1. The van der Waals surface area contributed by atoms with Gasteiger partial charge in [-0.05, 0) is 73.5 Å². The topological polar surface area (TPSA) is 133 Å². The first kappa shape index (κ1) is 28.1. The van der Waals surface area contributed by atoms with Crippen LogP contribution in [0.3, 0.4) is 0 Å². The molecule has 4 rings (SSSR count). The van der Waals surface area contributed by atoms with Crippen molar-refractivity contribution in [2.45, 2.75) is 24.0 Å². The average Bonchev–Trinajstić information content (AvgIpc) is 2.94. The summed E-state index contributed by atoms with van der Waals surface area (Å²) in [6.07, 6.45) is 0. The number of carbonyl (C=O) groups excluding carboxylic acids is 2. The quantitative estimate of drug-likeness (QED) is 0.175. The summed E-state index contributed by atoms with van der Waals surface area (Å²) in [6.45, 7) is 3.94. The van der Waals surface area contributed by atoms with E-state index in [1.54, 1.807) is 24.3 Å². The Hall–Kier alpha value is -4.89. The summed E-state index contributed by atoms with van der Waals surface area (Å²) in [5, 5.41) is 23.7. The number of benzene rings is 4. The smallest absolute Gasteiger partial charge is 0.336 e. The summed E-state index contributed by atoms with van der Waals surface area (Å²) in [7, 11) is 0. The first-order valence-electron chi connectivity index (χ1n) is 12.2. The van der Waals surface area contributed by atoms with Gasteiger partial charge in [0.15, 0.2) is 0 Å². The van der Waals surface area contributed by atoms with Gasteiger partial charge in [0.05, 0.1) is 16.7 Å². The zero-order chi connectivity index (χ0) is 28.8. The summed E-state index contributed by atoms with van der Waals surface area (Å²) in [6, 6.07) is 25.4. The number of hydrogen-bond donors (Lipinski definition) is 4. The van der Waals surface area contributed by atoms with Crippen molar-refractivity contribution >= 4 is 46.9 Å². The number of anilines is 2. The van der Waals surface area contributed by atoms with Crippen LogP contribution >= 0.6 is 11.8 Å². The van der Waals surface area contributed by atoms with Crippen LogP contribution in [0.4, 0.5) is 11.4 Å². The molecule has 202 valence electrons. The Labute approximate surface area is 235 Å². The predicted molar refractivity (Wildman–Crippen MR) is 154 cm³/mol. The highest BCUT2D eigenvalue weighted by molar-refractivity contribution is 8.00. The molecule has 1 atom stereocenters. The molecule has 4 aromatic rings. The van der Waals surface area contributed by atoms with E-state index in [1.165, 1.54) is 23.9 Å². The number of aromatic carboxylic acids is 2. The average molecular weight is 555 g/mol. The van der Waals surface area contributed by atoms with E-state index in [0.717, 1.165) is 33.3 Å². The van der Waals surface area contributed by atoms with E-state index < -0.39 is 28.7 Å². The molecular formula is C31H26N2O6S. The fourth-order valence-electron chi connectivity index (χ4n) is 4.06. The fourth-order valence-corrected chi connectivity index (χ4v) is 5.08. The Balaban J connectivity index is 1.52. The molecule has 0 radical (unpaired) electrons. The lowest BCUT2D eigenvalue weighted by Crippen LogP contribution is -2.19. The van der Waals surface area contributed by atoms with Crippen LogP contribution in [0.15, 0.2) is 95.9 Å². The minimum atomic E-state index is -1.41. The second-order valence-corrected chi connectivity index (χ2v) is 10.2. The fraction of sp³-hybridized carbons (Fsp3) is 0.0968. The van der Waals surface area contributed by atoms with Crippen LogP contribution < -0.4 is 10.6 Å². The number of hydrogen-bond acceptors (Lipinski definition) is 5. The summed E-state index contributed by atoms with van der Waals surface area (Å²) < 4.78 is 0. The van der Waals surface area contributed by atoms with Crippen LogP contribution in [0.2, 0.25) is 0 Å². The number of amides is 2. The summed E-state index contributed by atoms with van der Waals surface area (Å²) in [5.41, 5.74) is 3.25. The molecule has 0 heterocycles. The standard InChI is InChI=1S/C31H26N2O6S/c1-18-8-15-26(19(2)16-18)33-29(35)27(20-6-4-3-5-7-20)40-23-12-10-22(11-13-23)32-28(34)24-14-9-21(30(36)37)17-25(24)31(38)39/h3-17,27H,1-2H3,(H,32,34)(H,33,35)(H,36,37)(H,38,39). The Morgan fingerprint density at radius 3 is 2.05 bits per heavy atom. The van der Waals surface area contributed by atoms with Crippen LogP contribution in [0.25, 0.3) is 0 Å². The Morgan fingerprint density at radius 2 is 1.43 bits per heavy atom. The van der Waals surface area contributed by atoms with Gasteiger partial charge in [0, 0.05) is 16.3 Å². The minimum Gasteiger partial charge on any atom is -0.478 e. The number of nitrogens with one attached hydrogen (secondary N) is 2. The highest BCUT2D eigenvalue weighted by Crippen LogP contribution is 2.37. The van der Waals surface area contributed by atoms with Crippen molar-refractivity contribution in [1.82, 2.24) is 0 Å². The van der Waals surface area contributed by atoms with Crippen molar-refractivity contribution in [3.05, 3.63) is 124 Å². The van der Waals surface area contributed by atoms with E-state index in [2.05, 4.69) is 10.6 Å². The van der Waals surface area contributed by atoms with Gasteiger partial charge in [0.2, 0.25) is 5.91 Å². The van der Waals surface area contributed by atoms with Gasteiger partial charge in [-0.25, -0.2) is 9.59 Å². The van der Waals surface area contributed by atoms with Gasteiger partial charge in [-0.1, -0.05) is 48.0 Å². The van der Waals surface area contributed by atoms with Gasteiger partial charge >= 0.3 is 11.9 Å². The summed E-state index contributed by atoms with van der Waals surface area (Å²) in [5.74, 6) is -3.57. The maximum Gasteiger partial charge on any atom is 0.336 e. The molecule has 4 aromatic carbocycles. The van der Waals surface area contributed by atoms with E-state index in [0.29, 0.717) is 5.69 Å². The molecule has 0 fully saturated rings. The number of carbonyl (C=O) groups is 4. The minimum absolute atomic E-state index is 0.164. The third-order valence-corrected chi connectivity index (χ3v) is 7.35. The van der Waals surface area contributed by atoms with Crippen molar-refractivity contribution < 1.29 is 29.4 Å². The van der Waals surface area contributed by atoms with Gasteiger partial charge in [0.25, 0.3) is 5.91 Å². The highest BCUT2D eigenvalue weighted by Gasteiger charge is 2.23. The van der Waals surface area contributed by atoms with E-state index in [4.69, 9.17) is 5.11 Å². The molecule has 1 unspecified atom stereocenters. The molecule has 4 N–H and O–H groups in total. The van der Waals surface area contributed by atoms with Crippen LogP contribution in [0.5, 0.6) is 0 Å². The Bertz CT molecular complexity index is 1590. The van der Waals surface area contributed by atoms with Gasteiger partial charge < -0.3 is 20.8 Å². The molecule has 9 heteroatoms. The van der Waals surface area contributed by atoms with E-state index >= 15 is 0 Å². The molecule has 2 amide bonds. The number of carboxylic acids is 2. The molecule has 0 saturated carbocycles. The van der Waals surface area contributed by atoms with Crippen molar-refractivity contribution in [2.24, 2.45) is 0 Å². The third-order valence-electron chi connectivity index (χ3n) is 6.09. The lowest BCUT2D eigenvalue weighted by molar-refractivity contribution is -0.115. The number of thioether (sulfide) groups is 1. The van der Waals surface area contributed by atoms with Crippen molar-refractivity contribution in [3.63, 3.8) is 0 Å². The molecule has 0 spiro atoms. The zero-order valence-corrected chi connectivity index (χ0v) is 22.5. The maximum atomic E-state index is 13.4. The van der Waals surface area contributed by atoms with Crippen molar-refractivity contribution in [2.75, 3.05) is 10.6 Å². The summed E-state index contributed by atoms with van der Waals surface area (Å²) >= 11 is 1.35. The number of aryl methyl sites for hydroxylation is 2. The third kappa shape index (κ3) is 6.75. The van der Waals surface area contributed by atoms with E-state index in [-0.39, 0.29) is 17.0 Å². The van der Waals surface area contributed by atoms with Crippen molar-refractivity contribution in [1.29, 1.82) is 0 Å². The molecular weight excluding hydrogens is 528 g/mol. The molecule has 0 aromatic heterocycles. The van der Waals surface area contributed by atoms with Gasteiger partial charge in [0.1, 0.15) is 5.25 Å². The van der Waals surface area contributed by atoms with E-state index in [1.807, 2.05) is 62.4 Å². The molecule has 0 saturated heterocycles. The lowest BCUT2D eigenvalue weighted by atomic mass is 10.0. The molecule has 0 aliphatic rings. The van der Waals surface area contributed by atoms with Crippen LogP contribution in [-0.4, -0.2) is 34.0 Å². The van der Waals surface area contributed by atoms with Gasteiger partial charge in [-0.3, -0.25) is 9.59 Å². The van der Waals surface area contributed by atoms with Crippen LogP contribution in [-0.2, 0) is 4.79 Å². The monoisotopic (exact) mass is 554 g/mol. The number of carboxylic acid groups (broad SMARTS) is 2. The zero-order valence-electron chi connectivity index (χ0n) is 21.7. The molecule has 0 bridgehead atoms. The highest BCUT2D eigenvalue weighted by atomic mass is 32.2. The van der Waals surface area contributed by atoms with Crippen LogP contribution in [0, 0.1) is 13.8 Å². The molecule has 8 nitrogen and oxygen atoms in total. The SMILES string of the molecule is Cc1ccc(NC(=O)C(Sc2ccc(NC(=O)c3ccc(C(=O)O)cc3C(=O)O)cc2)c2ccccc2)c(C)c1. The Morgan fingerprint density at radius 1 is 0.725 bits per heavy atom. The van der Waals surface area contributed by atoms with Gasteiger partial charge in [-0.15, -0.1) is 11.8 Å². The normalized spacial score (nSPS) is 11.3. The Kier molecular flexibility index (Phi) is 8.66. The predicted octanol–water partition coefficient (Wildman–Crippen LogP) is 6.42. The maximum absolute atomic E-state index is 13.4. The first-order valence-corrected chi connectivity index (χ1v) is 13.1. The molecule has 0 aliphatic carbocycles.